The van der Waals surface area contributed by atoms with Crippen molar-refractivity contribution < 1.29 is 24.5 Å². The molecule has 31 heavy (non-hydrogen) atoms. The third-order valence-electron chi connectivity index (χ3n) is 4.07. The third kappa shape index (κ3) is 12.0. The monoisotopic (exact) mass is 430 g/mol. The number of carbonyl (C=O) groups excluding carboxylic acids is 2. The molecule has 0 aliphatic carbocycles. The first-order valence-corrected chi connectivity index (χ1v) is 10.0. The van der Waals surface area contributed by atoms with Crippen LogP contribution in [0.3, 0.4) is 0 Å². The van der Waals surface area contributed by atoms with Crippen molar-refractivity contribution in [2.45, 2.75) is 33.6 Å². The molecule has 7 heteroatoms. The SMILES string of the molecule is C=C(C)CC.CCc1cccc(O)c1O.COc1ccc(C(=O)NCCNC=O)cc1. The number of phenolic OH excluding ortho intramolecular Hbond substituents is 2. The number of hydrogen-bond acceptors (Lipinski definition) is 5. The molecular formula is C24H34N2O5. The quantitative estimate of drug-likeness (QED) is 0.220. The van der Waals surface area contributed by atoms with Crippen molar-refractivity contribution in [1.29, 1.82) is 0 Å². The summed E-state index contributed by atoms with van der Waals surface area (Å²) in [6.45, 7) is 10.6. The maximum Gasteiger partial charge on any atom is 0.251 e. The number of nitrogens with one attached hydrogen (secondary N) is 2. The molecule has 2 rings (SSSR count). The van der Waals surface area contributed by atoms with Gasteiger partial charge in [0, 0.05) is 18.7 Å². The van der Waals surface area contributed by atoms with Crippen LogP contribution in [0.25, 0.3) is 0 Å². The summed E-state index contributed by atoms with van der Waals surface area (Å²) in [5.74, 6) is 0.499. The van der Waals surface area contributed by atoms with Crippen molar-refractivity contribution in [3.63, 3.8) is 0 Å². The predicted octanol–water partition coefficient (Wildman–Crippen LogP) is 3.80. The molecule has 0 aliphatic heterocycles. The van der Waals surface area contributed by atoms with Gasteiger partial charge in [0.1, 0.15) is 5.75 Å². The molecule has 0 heterocycles. The first-order valence-electron chi connectivity index (χ1n) is 10.0. The highest BCUT2D eigenvalue weighted by molar-refractivity contribution is 5.94. The Balaban J connectivity index is 0.000000509. The molecule has 0 saturated carbocycles. The lowest BCUT2D eigenvalue weighted by molar-refractivity contribution is -0.109. The van der Waals surface area contributed by atoms with Gasteiger partial charge in [-0.05, 0) is 55.7 Å². The molecule has 0 spiro atoms. The number of rotatable bonds is 8. The Kier molecular flexibility index (Phi) is 14.5. The molecule has 4 N–H and O–H groups in total. The molecule has 0 radical (unpaired) electrons. The molecule has 0 bridgehead atoms. The minimum atomic E-state index is -0.171. The van der Waals surface area contributed by atoms with Crippen LogP contribution in [0.4, 0.5) is 0 Å². The maximum absolute atomic E-state index is 11.5. The van der Waals surface area contributed by atoms with Gasteiger partial charge in [0.25, 0.3) is 5.91 Å². The van der Waals surface area contributed by atoms with Crippen LogP contribution in [-0.4, -0.2) is 42.7 Å². The van der Waals surface area contributed by atoms with Crippen molar-refractivity contribution in [2.24, 2.45) is 0 Å². The van der Waals surface area contributed by atoms with Gasteiger partial charge in [-0.2, -0.15) is 0 Å². The molecule has 2 amide bonds. The lowest BCUT2D eigenvalue weighted by Crippen LogP contribution is -2.31. The fourth-order valence-corrected chi connectivity index (χ4v) is 2.01. The Hall–Kier alpha value is -3.48. The molecule has 0 aliphatic rings. The van der Waals surface area contributed by atoms with Crippen LogP contribution in [0.2, 0.25) is 0 Å². The number of methoxy groups -OCH3 is 1. The Morgan fingerprint density at radius 2 is 1.71 bits per heavy atom. The van der Waals surface area contributed by atoms with Gasteiger partial charge in [-0.3, -0.25) is 9.59 Å². The summed E-state index contributed by atoms with van der Waals surface area (Å²) in [4.78, 5) is 21.5. The molecule has 0 saturated heterocycles. The summed E-state index contributed by atoms with van der Waals surface area (Å²) in [5.41, 5.74) is 2.59. The number of carbonyl (C=O) groups is 2. The Bertz CT molecular complexity index is 804. The van der Waals surface area contributed by atoms with Crippen LogP contribution < -0.4 is 15.4 Å². The van der Waals surface area contributed by atoms with Crippen LogP contribution in [0, 0.1) is 0 Å². The van der Waals surface area contributed by atoms with Crippen molar-refractivity contribution >= 4 is 12.3 Å². The van der Waals surface area contributed by atoms with E-state index in [4.69, 9.17) is 14.9 Å². The molecule has 2 aromatic carbocycles. The molecular weight excluding hydrogens is 396 g/mol. The summed E-state index contributed by atoms with van der Waals surface area (Å²) in [5, 5.41) is 23.3. The summed E-state index contributed by atoms with van der Waals surface area (Å²) in [7, 11) is 1.57. The minimum absolute atomic E-state index is 0.00463. The second kappa shape index (κ2) is 16.3. The molecule has 7 nitrogen and oxygen atoms in total. The van der Waals surface area contributed by atoms with E-state index in [0.29, 0.717) is 30.8 Å². The predicted molar refractivity (Wildman–Crippen MR) is 124 cm³/mol. The topological polar surface area (TPSA) is 108 Å². The molecule has 0 aromatic heterocycles. The van der Waals surface area contributed by atoms with Gasteiger partial charge < -0.3 is 25.6 Å². The molecule has 0 unspecified atom stereocenters. The number of aromatic hydroxyl groups is 2. The van der Waals surface area contributed by atoms with Crippen LogP contribution in [0.5, 0.6) is 17.2 Å². The van der Waals surface area contributed by atoms with Gasteiger partial charge >= 0.3 is 0 Å². The van der Waals surface area contributed by atoms with E-state index in [1.807, 2.05) is 13.8 Å². The van der Waals surface area contributed by atoms with Gasteiger partial charge in [-0.25, -0.2) is 0 Å². The van der Waals surface area contributed by atoms with Crippen LogP contribution in [0.15, 0.2) is 54.6 Å². The minimum Gasteiger partial charge on any atom is -0.504 e. The van der Waals surface area contributed by atoms with Crippen molar-refractivity contribution in [3.05, 3.63) is 65.7 Å². The van der Waals surface area contributed by atoms with E-state index < -0.39 is 0 Å². The number of aryl methyl sites for hydroxylation is 1. The van der Waals surface area contributed by atoms with Crippen molar-refractivity contribution in [3.8, 4) is 17.2 Å². The Labute approximate surface area is 184 Å². The molecule has 170 valence electrons. The summed E-state index contributed by atoms with van der Waals surface area (Å²) in [6.07, 6.45) is 2.44. The average Bonchev–Trinajstić information content (AvgIpc) is 2.79. The maximum atomic E-state index is 11.5. The third-order valence-corrected chi connectivity index (χ3v) is 4.07. The summed E-state index contributed by atoms with van der Waals surface area (Å²) < 4.78 is 4.98. The van der Waals surface area contributed by atoms with Crippen molar-refractivity contribution in [1.82, 2.24) is 10.6 Å². The van der Waals surface area contributed by atoms with Gasteiger partial charge in [-0.15, -0.1) is 6.58 Å². The van der Waals surface area contributed by atoms with E-state index >= 15 is 0 Å². The zero-order valence-electron chi connectivity index (χ0n) is 18.8. The van der Waals surface area contributed by atoms with E-state index in [-0.39, 0.29) is 17.4 Å². The average molecular weight is 431 g/mol. The zero-order valence-corrected chi connectivity index (χ0v) is 18.8. The summed E-state index contributed by atoms with van der Waals surface area (Å²) in [6, 6.07) is 11.8. The zero-order chi connectivity index (χ0) is 23.6. The fraction of sp³-hybridized carbons (Fsp3) is 0.333. The highest BCUT2D eigenvalue weighted by Gasteiger charge is 2.04. The van der Waals surface area contributed by atoms with Gasteiger partial charge in [0.05, 0.1) is 7.11 Å². The molecule has 0 fully saturated rings. The number of phenols is 2. The number of para-hydroxylation sites is 1. The van der Waals surface area contributed by atoms with E-state index in [1.54, 1.807) is 43.5 Å². The lowest BCUT2D eigenvalue weighted by atomic mass is 10.1. The van der Waals surface area contributed by atoms with Gasteiger partial charge in [0.2, 0.25) is 6.41 Å². The normalized spacial score (nSPS) is 9.16. The van der Waals surface area contributed by atoms with Gasteiger partial charge in [0.15, 0.2) is 11.5 Å². The van der Waals surface area contributed by atoms with Crippen molar-refractivity contribution in [2.75, 3.05) is 20.2 Å². The number of allylic oxidation sites excluding steroid dienone is 1. The number of ether oxygens (including phenoxy) is 1. The largest absolute Gasteiger partial charge is 0.504 e. The number of amides is 2. The second-order valence-corrected chi connectivity index (χ2v) is 6.51. The van der Waals surface area contributed by atoms with Crippen LogP contribution >= 0.6 is 0 Å². The van der Waals surface area contributed by atoms with E-state index in [2.05, 4.69) is 24.1 Å². The highest BCUT2D eigenvalue weighted by Crippen LogP contribution is 2.27. The fourth-order valence-electron chi connectivity index (χ4n) is 2.01. The standard InChI is InChI=1S/C11H14N2O3.C8H10O2.C5H10/c1-16-10-4-2-9(3-5-10)11(15)13-7-6-12-8-14;1-2-6-4-3-5-7(9)8(6)10;1-4-5(2)3/h2-5,8H,6-7H2,1H3,(H,12,14)(H,13,15);3-5,9-10H,2H2,1H3;2,4H2,1,3H3. The molecule has 2 aromatic rings. The van der Waals surface area contributed by atoms with E-state index in [1.165, 1.54) is 11.6 Å². The smallest absolute Gasteiger partial charge is 0.251 e. The summed E-state index contributed by atoms with van der Waals surface area (Å²) >= 11 is 0. The second-order valence-electron chi connectivity index (χ2n) is 6.51. The number of hydrogen-bond donors (Lipinski definition) is 4. The Morgan fingerprint density at radius 1 is 1.10 bits per heavy atom. The van der Waals surface area contributed by atoms with Gasteiger partial charge in [-0.1, -0.05) is 31.6 Å². The Morgan fingerprint density at radius 3 is 2.16 bits per heavy atom. The first-order chi connectivity index (χ1) is 14.8. The van der Waals surface area contributed by atoms with Crippen LogP contribution in [0.1, 0.15) is 43.1 Å². The highest BCUT2D eigenvalue weighted by atomic mass is 16.5. The molecule has 0 atom stereocenters. The van der Waals surface area contributed by atoms with E-state index in [0.717, 1.165) is 18.4 Å². The van der Waals surface area contributed by atoms with E-state index in [9.17, 15) is 9.59 Å². The van der Waals surface area contributed by atoms with Crippen LogP contribution in [-0.2, 0) is 11.2 Å². The first kappa shape index (κ1) is 27.5. The lowest BCUT2D eigenvalue weighted by Gasteiger charge is -2.05. The number of benzene rings is 2.